The summed E-state index contributed by atoms with van der Waals surface area (Å²) in [6.07, 6.45) is 0.951. The Morgan fingerprint density at radius 1 is 1.22 bits per heavy atom. The highest BCUT2D eigenvalue weighted by molar-refractivity contribution is 5.85. The fraction of sp³-hybridized carbons (Fsp3) is 0.471. The first kappa shape index (κ1) is 21.9. The lowest BCUT2D eigenvalue weighted by Crippen LogP contribution is -2.45. The predicted molar refractivity (Wildman–Crippen MR) is 98.9 cm³/mol. The fourth-order valence-corrected chi connectivity index (χ4v) is 2.71. The summed E-state index contributed by atoms with van der Waals surface area (Å²) in [6.45, 7) is 11.7. The van der Waals surface area contributed by atoms with Crippen molar-refractivity contribution in [3.63, 3.8) is 0 Å². The molecule has 0 saturated carbocycles. The van der Waals surface area contributed by atoms with Crippen molar-refractivity contribution >= 4 is 30.8 Å². The molecule has 0 unspecified atom stereocenters. The number of esters is 1. The van der Waals surface area contributed by atoms with Crippen LogP contribution in [0.5, 0.6) is 5.75 Å². The molecule has 4 nitrogen and oxygen atoms in total. The lowest BCUT2D eigenvalue weighted by atomic mass is 9.98. The second-order valence-electron chi connectivity index (χ2n) is 5.63. The molecule has 0 amide bonds. The number of ether oxygens (including phenoxy) is 1. The molecule has 23 heavy (non-hydrogen) atoms. The molecule has 0 bridgehead atoms. The van der Waals surface area contributed by atoms with Crippen molar-refractivity contribution in [3.8, 4) is 5.75 Å². The van der Waals surface area contributed by atoms with Crippen LogP contribution in [0.15, 0.2) is 36.4 Å². The molecule has 0 radical (unpaired) electrons. The van der Waals surface area contributed by atoms with Gasteiger partial charge < -0.3 is 10.1 Å². The van der Waals surface area contributed by atoms with E-state index in [1.807, 2.05) is 24.3 Å². The standard InChI is InChI=1S/C17H24N2O2.2ClH/c1-13(2)12-17(19-10-8-18-9-11-19)15-4-6-16(7-5-15)21-14(3)20;;/h4-7,17-18H,1,8-12H2,2-3H3;2*1H/t17-;;/m0../s1. The number of piperazine rings is 1. The number of hydrogen-bond acceptors (Lipinski definition) is 4. The molecule has 1 fully saturated rings. The van der Waals surface area contributed by atoms with Crippen molar-refractivity contribution in [2.45, 2.75) is 26.3 Å². The van der Waals surface area contributed by atoms with Crippen molar-refractivity contribution in [1.29, 1.82) is 0 Å². The average molecular weight is 361 g/mol. The summed E-state index contributed by atoms with van der Waals surface area (Å²) in [5.41, 5.74) is 2.43. The summed E-state index contributed by atoms with van der Waals surface area (Å²) >= 11 is 0. The molecule has 1 N–H and O–H groups in total. The zero-order valence-electron chi connectivity index (χ0n) is 13.7. The van der Waals surface area contributed by atoms with Gasteiger partial charge in [0.05, 0.1) is 0 Å². The SMILES string of the molecule is C=C(C)C[C@@H](c1ccc(OC(C)=O)cc1)N1CCNCC1.Cl.Cl. The zero-order valence-corrected chi connectivity index (χ0v) is 15.3. The van der Waals surface area contributed by atoms with E-state index in [4.69, 9.17) is 4.74 Å². The third-order valence-corrected chi connectivity index (χ3v) is 3.66. The number of nitrogens with one attached hydrogen (secondary N) is 1. The molecule has 1 aliphatic rings. The minimum atomic E-state index is -0.289. The van der Waals surface area contributed by atoms with Crippen LogP contribution in [0.4, 0.5) is 0 Å². The van der Waals surface area contributed by atoms with Gasteiger partial charge in [-0.2, -0.15) is 0 Å². The first-order valence-corrected chi connectivity index (χ1v) is 7.44. The molecule has 1 aliphatic heterocycles. The van der Waals surface area contributed by atoms with Crippen LogP contribution in [0.25, 0.3) is 0 Å². The average Bonchev–Trinajstić information content (AvgIpc) is 2.46. The summed E-state index contributed by atoms with van der Waals surface area (Å²) in [4.78, 5) is 13.5. The van der Waals surface area contributed by atoms with Crippen LogP contribution in [-0.2, 0) is 4.79 Å². The predicted octanol–water partition coefficient (Wildman–Crippen LogP) is 3.37. The topological polar surface area (TPSA) is 41.6 Å². The van der Waals surface area contributed by atoms with E-state index in [1.54, 1.807) is 0 Å². The van der Waals surface area contributed by atoms with E-state index in [-0.39, 0.29) is 30.8 Å². The largest absolute Gasteiger partial charge is 0.427 e. The van der Waals surface area contributed by atoms with Gasteiger partial charge in [0.25, 0.3) is 0 Å². The Morgan fingerprint density at radius 3 is 2.26 bits per heavy atom. The van der Waals surface area contributed by atoms with Gasteiger partial charge in [0.1, 0.15) is 5.75 Å². The van der Waals surface area contributed by atoms with Crippen molar-refractivity contribution in [2.75, 3.05) is 26.2 Å². The molecule has 1 aromatic carbocycles. The highest BCUT2D eigenvalue weighted by atomic mass is 35.5. The monoisotopic (exact) mass is 360 g/mol. The van der Waals surface area contributed by atoms with E-state index in [1.165, 1.54) is 18.1 Å². The summed E-state index contributed by atoms with van der Waals surface area (Å²) in [5, 5.41) is 3.38. The summed E-state index contributed by atoms with van der Waals surface area (Å²) in [6, 6.07) is 8.17. The Bertz CT molecular complexity index is 500. The van der Waals surface area contributed by atoms with Crippen molar-refractivity contribution in [3.05, 3.63) is 42.0 Å². The van der Waals surface area contributed by atoms with Crippen LogP contribution < -0.4 is 10.1 Å². The van der Waals surface area contributed by atoms with E-state index in [9.17, 15) is 4.79 Å². The number of nitrogens with zero attached hydrogens (tertiary/aromatic N) is 1. The number of carbonyl (C=O) groups is 1. The number of hydrogen-bond donors (Lipinski definition) is 1. The van der Waals surface area contributed by atoms with E-state index in [0.717, 1.165) is 32.6 Å². The highest BCUT2D eigenvalue weighted by Gasteiger charge is 2.22. The van der Waals surface area contributed by atoms with E-state index in [0.29, 0.717) is 11.8 Å². The molecule has 1 saturated heterocycles. The molecule has 6 heteroatoms. The molecule has 0 aliphatic carbocycles. The van der Waals surface area contributed by atoms with Gasteiger partial charge in [-0.3, -0.25) is 9.69 Å². The molecule has 1 heterocycles. The van der Waals surface area contributed by atoms with Crippen LogP contribution in [0, 0.1) is 0 Å². The highest BCUT2D eigenvalue weighted by Crippen LogP contribution is 2.28. The van der Waals surface area contributed by atoms with Gasteiger partial charge in [-0.1, -0.05) is 17.7 Å². The molecule has 0 aromatic heterocycles. The van der Waals surface area contributed by atoms with E-state index in [2.05, 4.69) is 23.7 Å². The van der Waals surface area contributed by atoms with Crippen LogP contribution in [0.2, 0.25) is 0 Å². The summed E-state index contributed by atoms with van der Waals surface area (Å²) < 4.78 is 5.10. The number of carbonyl (C=O) groups excluding carboxylic acids is 1. The van der Waals surface area contributed by atoms with E-state index >= 15 is 0 Å². The maximum atomic E-state index is 11.0. The summed E-state index contributed by atoms with van der Waals surface area (Å²) in [5.74, 6) is 0.309. The van der Waals surface area contributed by atoms with Crippen LogP contribution >= 0.6 is 24.8 Å². The van der Waals surface area contributed by atoms with Crippen molar-refractivity contribution in [1.82, 2.24) is 10.2 Å². The second kappa shape index (κ2) is 10.7. The lowest BCUT2D eigenvalue weighted by molar-refractivity contribution is -0.131. The first-order chi connectivity index (χ1) is 10.1. The maximum absolute atomic E-state index is 11.0. The second-order valence-corrected chi connectivity index (χ2v) is 5.63. The lowest BCUT2D eigenvalue weighted by Gasteiger charge is -2.35. The number of halogens is 2. The van der Waals surface area contributed by atoms with Crippen molar-refractivity contribution in [2.24, 2.45) is 0 Å². The third kappa shape index (κ3) is 6.92. The number of benzene rings is 1. The molecule has 130 valence electrons. The molecule has 2 rings (SSSR count). The zero-order chi connectivity index (χ0) is 15.2. The Kier molecular flexibility index (Phi) is 10.2. The van der Waals surface area contributed by atoms with Gasteiger partial charge in [0.15, 0.2) is 0 Å². The molecule has 1 atom stereocenters. The molecule has 0 spiro atoms. The Hall–Kier alpha value is -1.07. The Labute approximate surface area is 151 Å². The van der Waals surface area contributed by atoms with Gasteiger partial charge in [-0.05, 0) is 31.0 Å². The quantitative estimate of drug-likeness (QED) is 0.496. The Morgan fingerprint density at radius 2 is 1.78 bits per heavy atom. The summed E-state index contributed by atoms with van der Waals surface area (Å²) in [7, 11) is 0. The third-order valence-electron chi connectivity index (χ3n) is 3.66. The van der Waals surface area contributed by atoms with Crippen LogP contribution in [0.1, 0.15) is 31.9 Å². The first-order valence-electron chi connectivity index (χ1n) is 7.44. The number of rotatable bonds is 5. The van der Waals surface area contributed by atoms with Crippen LogP contribution in [0.3, 0.4) is 0 Å². The normalized spacial score (nSPS) is 15.7. The molecular weight excluding hydrogens is 335 g/mol. The maximum Gasteiger partial charge on any atom is 0.308 e. The van der Waals surface area contributed by atoms with Gasteiger partial charge in [-0.25, -0.2) is 0 Å². The van der Waals surface area contributed by atoms with Gasteiger partial charge in [0, 0.05) is 39.1 Å². The smallest absolute Gasteiger partial charge is 0.308 e. The fourth-order valence-electron chi connectivity index (χ4n) is 2.71. The van der Waals surface area contributed by atoms with Gasteiger partial charge in [-0.15, -0.1) is 31.4 Å². The van der Waals surface area contributed by atoms with E-state index < -0.39 is 0 Å². The minimum absolute atomic E-state index is 0. The van der Waals surface area contributed by atoms with Gasteiger partial charge in [0.2, 0.25) is 0 Å². The molecular formula is C17H26Cl2N2O2. The minimum Gasteiger partial charge on any atom is -0.427 e. The van der Waals surface area contributed by atoms with Gasteiger partial charge >= 0.3 is 5.97 Å². The van der Waals surface area contributed by atoms with Crippen LogP contribution in [-0.4, -0.2) is 37.0 Å². The van der Waals surface area contributed by atoms with Crippen molar-refractivity contribution < 1.29 is 9.53 Å². The Balaban J connectivity index is 0.00000242. The molecule has 1 aromatic rings.